The van der Waals surface area contributed by atoms with Gasteiger partial charge in [-0.3, -0.25) is 9.59 Å². The minimum Gasteiger partial charge on any atom is -0.507 e. The number of ketones is 1. The van der Waals surface area contributed by atoms with E-state index in [4.69, 9.17) is 4.74 Å². The van der Waals surface area contributed by atoms with Gasteiger partial charge in [0.1, 0.15) is 11.5 Å². The van der Waals surface area contributed by atoms with E-state index in [0.29, 0.717) is 24.4 Å². The Morgan fingerprint density at radius 2 is 1.62 bits per heavy atom. The zero-order chi connectivity index (χ0) is 23.6. The molecule has 3 rings (SSSR count). The van der Waals surface area contributed by atoms with E-state index in [9.17, 15) is 14.7 Å². The van der Waals surface area contributed by atoms with E-state index < -0.39 is 17.7 Å². The summed E-state index contributed by atoms with van der Waals surface area (Å²) < 4.78 is 5.18. The molecule has 1 aliphatic heterocycles. The second kappa shape index (κ2) is 9.17. The van der Waals surface area contributed by atoms with Crippen LogP contribution in [0.3, 0.4) is 0 Å². The Hall–Kier alpha value is -3.12. The van der Waals surface area contributed by atoms with Crippen molar-refractivity contribution in [1.29, 1.82) is 0 Å². The number of rotatable bonds is 6. The second-order valence-electron chi connectivity index (χ2n) is 9.55. The van der Waals surface area contributed by atoms with E-state index in [0.717, 1.165) is 11.1 Å². The number of quaternary nitrogens is 1. The van der Waals surface area contributed by atoms with Gasteiger partial charge in [0.15, 0.2) is 0 Å². The molecule has 0 bridgehead atoms. The molecule has 0 spiro atoms. The highest BCUT2D eigenvalue weighted by atomic mass is 16.5. The zero-order valence-electron chi connectivity index (χ0n) is 19.7. The molecular formula is C26H33N2O4+. The molecule has 0 aliphatic carbocycles. The smallest absolute Gasteiger partial charge is 0.295 e. The first-order valence-electron chi connectivity index (χ1n) is 10.9. The fourth-order valence-electron chi connectivity index (χ4n) is 3.87. The van der Waals surface area contributed by atoms with Crippen molar-refractivity contribution >= 4 is 17.4 Å². The van der Waals surface area contributed by atoms with Crippen LogP contribution < -0.4 is 9.64 Å². The Morgan fingerprint density at radius 3 is 2.12 bits per heavy atom. The topological polar surface area (TPSA) is 71.3 Å². The SMILES string of the molecule is COc1ccc(C(O)=C2C(=O)C(=O)N(CC[NH+](C)C)[C@H]2c2ccc(C(C)(C)C)cc2)cc1. The summed E-state index contributed by atoms with van der Waals surface area (Å²) in [5, 5.41) is 11.1. The number of methoxy groups -OCH3 is 1. The largest absolute Gasteiger partial charge is 0.507 e. The van der Waals surface area contributed by atoms with Crippen LogP contribution in [0.2, 0.25) is 0 Å². The van der Waals surface area contributed by atoms with Crippen molar-refractivity contribution in [1.82, 2.24) is 4.90 Å². The molecule has 0 unspecified atom stereocenters. The molecule has 2 aromatic carbocycles. The van der Waals surface area contributed by atoms with E-state index >= 15 is 0 Å². The Labute approximate surface area is 190 Å². The molecule has 1 fully saturated rings. The van der Waals surface area contributed by atoms with Crippen molar-refractivity contribution in [2.45, 2.75) is 32.2 Å². The number of likely N-dealkylation sites (N-methyl/N-ethyl adjacent to an activating group) is 1. The van der Waals surface area contributed by atoms with Gasteiger partial charge in [-0.1, -0.05) is 45.0 Å². The lowest BCUT2D eigenvalue weighted by molar-refractivity contribution is -0.857. The number of Topliss-reactive ketones (excluding diaryl/α,β-unsaturated/α-hetero) is 1. The third-order valence-electron chi connectivity index (χ3n) is 5.85. The van der Waals surface area contributed by atoms with Gasteiger partial charge in [-0.2, -0.15) is 0 Å². The van der Waals surface area contributed by atoms with Crippen molar-refractivity contribution in [3.63, 3.8) is 0 Å². The number of benzene rings is 2. The van der Waals surface area contributed by atoms with E-state index in [1.165, 1.54) is 4.90 Å². The fraction of sp³-hybridized carbons (Fsp3) is 0.385. The van der Waals surface area contributed by atoms with E-state index in [1.54, 1.807) is 36.3 Å². The lowest BCUT2D eigenvalue weighted by Gasteiger charge is -2.26. The highest BCUT2D eigenvalue weighted by Gasteiger charge is 2.46. The molecule has 170 valence electrons. The van der Waals surface area contributed by atoms with Crippen LogP contribution in [-0.4, -0.2) is 56.0 Å². The first-order chi connectivity index (χ1) is 15.0. The van der Waals surface area contributed by atoms with E-state index in [1.807, 2.05) is 38.4 Å². The molecule has 0 saturated carbocycles. The second-order valence-corrected chi connectivity index (χ2v) is 9.55. The average Bonchev–Trinajstić information content (AvgIpc) is 3.01. The molecule has 1 saturated heterocycles. The van der Waals surface area contributed by atoms with Crippen LogP contribution in [0.1, 0.15) is 43.5 Å². The summed E-state index contributed by atoms with van der Waals surface area (Å²) in [5.41, 5.74) is 2.54. The average molecular weight is 438 g/mol. The molecule has 1 heterocycles. The number of likely N-dealkylation sites (tertiary alicyclic amines) is 1. The number of hydrogen-bond donors (Lipinski definition) is 2. The predicted molar refractivity (Wildman–Crippen MR) is 125 cm³/mol. The van der Waals surface area contributed by atoms with Gasteiger partial charge < -0.3 is 19.6 Å². The molecule has 0 radical (unpaired) electrons. The molecule has 2 N–H and O–H groups in total. The molecular weight excluding hydrogens is 404 g/mol. The number of ether oxygens (including phenoxy) is 1. The van der Waals surface area contributed by atoms with Crippen LogP contribution in [0, 0.1) is 0 Å². The highest BCUT2D eigenvalue weighted by Crippen LogP contribution is 2.39. The Morgan fingerprint density at radius 1 is 1.03 bits per heavy atom. The third kappa shape index (κ3) is 4.70. The van der Waals surface area contributed by atoms with Gasteiger partial charge in [0.2, 0.25) is 0 Å². The summed E-state index contributed by atoms with van der Waals surface area (Å²) in [4.78, 5) is 28.8. The van der Waals surface area contributed by atoms with Crippen molar-refractivity contribution in [2.24, 2.45) is 0 Å². The predicted octanol–water partition coefficient (Wildman–Crippen LogP) is 2.56. The molecule has 2 aromatic rings. The highest BCUT2D eigenvalue weighted by molar-refractivity contribution is 6.46. The minimum atomic E-state index is -0.656. The number of carbonyl (C=O) groups excluding carboxylic acids is 2. The summed E-state index contributed by atoms with van der Waals surface area (Å²) in [6.45, 7) is 7.51. The Balaban J connectivity index is 2.12. The molecule has 6 heteroatoms. The monoisotopic (exact) mass is 437 g/mol. The number of amides is 1. The van der Waals surface area contributed by atoms with Gasteiger partial charge >= 0.3 is 0 Å². The molecule has 1 amide bonds. The lowest BCUT2D eigenvalue weighted by Crippen LogP contribution is -3.06. The van der Waals surface area contributed by atoms with Gasteiger partial charge in [-0.05, 0) is 40.8 Å². The normalized spacial score (nSPS) is 18.5. The van der Waals surface area contributed by atoms with Crippen molar-refractivity contribution in [3.8, 4) is 5.75 Å². The molecule has 32 heavy (non-hydrogen) atoms. The van der Waals surface area contributed by atoms with Gasteiger partial charge in [-0.25, -0.2) is 0 Å². The number of hydrogen-bond acceptors (Lipinski definition) is 4. The Kier molecular flexibility index (Phi) is 6.74. The summed E-state index contributed by atoms with van der Waals surface area (Å²) in [6.07, 6.45) is 0. The maximum Gasteiger partial charge on any atom is 0.295 e. The minimum absolute atomic E-state index is 0.0162. The van der Waals surface area contributed by atoms with Crippen LogP contribution >= 0.6 is 0 Å². The first-order valence-corrected chi connectivity index (χ1v) is 10.9. The Bertz CT molecular complexity index is 1020. The van der Waals surface area contributed by atoms with Crippen LogP contribution in [-0.2, 0) is 15.0 Å². The van der Waals surface area contributed by atoms with Crippen LogP contribution in [0.15, 0.2) is 54.1 Å². The molecule has 0 aromatic heterocycles. The fourth-order valence-corrected chi connectivity index (χ4v) is 3.87. The first kappa shape index (κ1) is 23.5. The van der Waals surface area contributed by atoms with Crippen molar-refractivity contribution < 1.29 is 24.3 Å². The zero-order valence-corrected chi connectivity index (χ0v) is 19.7. The number of aliphatic hydroxyl groups excluding tert-OH is 1. The summed E-state index contributed by atoms with van der Waals surface area (Å²) >= 11 is 0. The number of carbonyl (C=O) groups is 2. The summed E-state index contributed by atoms with van der Waals surface area (Å²) in [7, 11) is 5.57. The van der Waals surface area contributed by atoms with Crippen molar-refractivity contribution in [2.75, 3.05) is 34.3 Å². The van der Waals surface area contributed by atoms with Gasteiger partial charge in [0.25, 0.3) is 11.7 Å². The third-order valence-corrected chi connectivity index (χ3v) is 5.85. The summed E-state index contributed by atoms with van der Waals surface area (Å²) in [5.74, 6) is -0.760. The maximum atomic E-state index is 13.1. The lowest BCUT2D eigenvalue weighted by atomic mass is 9.85. The van der Waals surface area contributed by atoms with Crippen LogP contribution in [0.25, 0.3) is 5.76 Å². The molecule has 1 aliphatic rings. The standard InChI is InChI=1S/C26H32N2O4/c1-26(2,3)19-11-7-17(8-12-19)22-21(23(29)18-9-13-20(32-6)14-10-18)24(30)25(31)28(22)16-15-27(4)5/h7-14,22,29H,15-16H2,1-6H3/p+1/t22-/m0/s1. The van der Waals surface area contributed by atoms with Crippen LogP contribution in [0.5, 0.6) is 5.75 Å². The van der Waals surface area contributed by atoms with E-state index in [2.05, 4.69) is 20.8 Å². The van der Waals surface area contributed by atoms with Crippen molar-refractivity contribution in [3.05, 3.63) is 70.8 Å². The van der Waals surface area contributed by atoms with Gasteiger partial charge in [-0.15, -0.1) is 0 Å². The quantitative estimate of drug-likeness (QED) is 0.414. The molecule has 1 atom stereocenters. The van der Waals surface area contributed by atoms with E-state index in [-0.39, 0.29) is 16.7 Å². The number of nitrogens with one attached hydrogen (secondary N) is 1. The molecule has 6 nitrogen and oxygen atoms in total. The van der Waals surface area contributed by atoms with Gasteiger partial charge in [0.05, 0.1) is 45.9 Å². The number of nitrogens with zero attached hydrogens (tertiary/aromatic N) is 1. The van der Waals surface area contributed by atoms with Gasteiger partial charge in [0, 0.05) is 5.56 Å². The summed E-state index contributed by atoms with van der Waals surface area (Å²) in [6, 6.07) is 14.1. The maximum absolute atomic E-state index is 13.1. The van der Waals surface area contributed by atoms with Crippen LogP contribution in [0.4, 0.5) is 0 Å². The number of aliphatic hydroxyl groups is 1.